The summed E-state index contributed by atoms with van der Waals surface area (Å²) in [5, 5.41) is 22.3. The number of benzene rings is 1. The molecule has 6 heteroatoms. The van der Waals surface area contributed by atoms with Crippen LogP contribution in [0.4, 0.5) is 4.39 Å². The third-order valence-electron chi connectivity index (χ3n) is 4.39. The molecule has 1 saturated heterocycles. The quantitative estimate of drug-likeness (QED) is 0.771. The number of hydrogen-bond acceptors (Lipinski definition) is 4. The van der Waals surface area contributed by atoms with E-state index < -0.39 is 11.6 Å². The van der Waals surface area contributed by atoms with Crippen LogP contribution in [0.2, 0.25) is 0 Å². The van der Waals surface area contributed by atoms with Crippen molar-refractivity contribution in [3.63, 3.8) is 0 Å². The zero-order chi connectivity index (χ0) is 17.0. The van der Waals surface area contributed by atoms with Crippen molar-refractivity contribution < 1.29 is 19.4 Å². The Morgan fingerprint density at radius 2 is 2.04 bits per heavy atom. The van der Waals surface area contributed by atoms with Crippen LogP contribution in [0.25, 0.3) is 0 Å². The van der Waals surface area contributed by atoms with E-state index in [2.05, 4.69) is 19.2 Å². The molecule has 0 aromatic heterocycles. The number of carbonyl (C=O) groups is 1. The summed E-state index contributed by atoms with van der Waals surface area (Å²) in [6.07, 6.45) is 1.31. The Labute approximate surface area is 136 Å². The monoisotopic (exact) mass is 324 g/mol. The zero-order valence-electron chi connectivity index (χ0n) is 13.7. The fourth-order valence-electron chi connectivity index (χ4n) is 2.77. The highest BCUT2D eigenvalue weighted by atomic mass is 19.1. The Kier molecular flexibility index (Phi) is 5.59. The summed E-state index contributed by atoms with van der Waals surface area (Å²) in [6.45, 7) is 6.08. The first-order chi connectivity index (χ1) is 10.9. The Hall–Kier alpha value is -1.66. The van der Waals surface area contributed by atoms with Crippen molar-refractivity contribution in [1.82, 2.24) is 10.2 Å². The highest BCUT2D eigenvalue weighted by molar-refractivity contribution is 5.94. The van der Waals surface area contributed by atoms with Crippen LogP contribution in [0, 0.1) is 11.7 Å². The number of amides is 1. The predicted molar refractivity (Wildman–Crippen MR) is 85.9 cm³/mol. The van der Waals surface area contributed by atoms with Crippen LogP contribution in [0.1, 0.15) is 37.0 Å². The maximum absolute atomic E-state index is 13.4. The summed E-state index contributed by atoms with van der Waals surface area (Å²) in [4.78, 5) is 14.1. The molecule has 0 bridgehead atoms. The number of aliphatic hydroxyl groups is 1. The summed E-state index contributed by atoms with van der Waals surface area (Å²) in [7, 11) is 0. The fraction of sp³-hybridized carbons (Fsp3) is 0.588. The minimum absolute atomic E-state index is 0.0373. The van der Waals surface area contributed by atoms with E-state index in [0.29, 0.717) is 31.8 Å². The summed E-state index contributed by atoms with van der Waals surface area (Å²) >= 11 is 0. The molecule has 1 heterocycles. The number of aliphatic hydroxyl groups excluding tert-OH is 1. The van der Waals surface area contributed by atoms with Crippen molar-refractivity contribution in [2.75, 3.05) is 26.2 Å². The van der Waals surface area contributed by atoms with E-state index in [9.17, 15) is 19.4 Å². The van der Waals surface area contributed by atoms with Gasteiger partial charge in [-0.3, -0.25) is 4.79 Å². The summed E-state index contributed by atoms with van der Waals surface area (Å²) in [5.41, 5.74) is -0.117. The lowest BCUT2D eigenvalue weighted by molar-refractivity contribution is 0.0524. The average Bonchev–Trinajstić information content (AvgIpc) is 2.55. The Morgan fingerprint density at radius 1 is 1.39 bits per heavy atom. The van der Waals surface area contributed by atoms with E-state index in [4.69, 9.17) is 0 Å². The van der Waals surface area contributed by atoms with E-state index >= 15 is 0 Å². The topological polar surface area (TPSA) is 72.8 Å². The van der Waals surface area contributed by atoms with E-state index in [1.165, 1.54) is 12.1 Å². The molecule has 1 aromatic rings. The molecule has 0 aliphatic carbocycles. The molecular weight excluding hydrogens is 299 g/mol. The van der Waals surface area contributed by atoms with Crippen molar-refractivity contribution in [3.8, 4) is 5.75 Å². The Bertz CT molecular complexity index is 555. The van der Waals surface area contributed by atoms with Gasteiger partial charge < -0.3 is 20.4 Å². The van der Waals surface area contributed by atoms with Gasteiger partial charge in [-0.2, -0.15) is 0 Å². The number of aromatic hydroxyl groups is 1. The van der Waals surface area contributed by atoms with Gasteiger partial charge in [0.1, 0.15) is 0 Å². The van der Waals surface area contributed by atoms with Crippen LogP contribution in [0.5, 0.6) is 5.75 Å². The normalized spacial score (nSPS) is 17.5. The highest BCUT2D eigenvalue weighted by Crippen LogP contribution is 2.24. The molecule has 23 heavy (non-hydrogen) atoms. The van der Waals surface area contributed by atoms with Gasteiger partial charge in [-0.25, -0.2) is 4.39 Å². The largest absolute Gasteiger partial charge is 0.505 e. The maximum Gasteiger partial charge on any atom is 0.253 e. The Morgan fingerprint density at radius 3 is 2.57 bits per heavy atom. The number of halogens is 1. The number of rotatable bonds is 5. The van der Waals surface area contributed by atoms with E-state index in [0.717, 1.165) is 12.6 Å². The minimum Gasteiger partial charge on any atom is -0.505 e. The molecule has 1 fully saturated rings. The van der Waals surface area contributed by atoms with Gasteiger partial charge in [0.05, 0.1) is 6.61 Å². The SMILES string of the molecule is CC(C)CNC1(CO)CCN(C(=O)c2ccc(O)c(F)c2)CC1. The van der Waals surface area contributed by atoms with Gasteiger partial charge in [-0.05, 0) is 43.5 Å². The molecule has 0 unspecified atom stereocenters. The molecule has 0 radical (unpaired) electrons. The van der Waals surface area contributed by atoms with Gasteiger partial charge in [-0.15, -0.1) is 0 Å². The van der Waals surface area contributed by atoms with Gasteiger partial charge in [0.15, 0.2) is 11.6 Å². The summed E-state index contributed by atoms with van der Waals surface area (Å²) in [6, 6.07) is 3.67. The number of carbonyl (C=O) groups excluding carboxylic acids is 1. The number of nitrogens with one attached hydrogen (secondary N) is 1. The van der Waals surface area contributed by atoms with Crippen molar-refractivity contribution in [2.45, 2.75) is 32.2 Å². The lowest BCUT2D eigenvalue weighted by Gasteiger charge is -2.42. The molecule has 0 saturated carbocycles. The van der Waals surface area contributed by atoms with Crippen molar-refractivity contribution in [2.24, 2.45) is 5.92 Å². The molecule has 1 amide bonds. The summed E-state index contributed by atoms with van der Waals surface area (Å²) < 4.78 is 13.4. The van der Waals surface area contributed by atoms with Gasteiger partial charge in [0.2, 0.25) is 0 Å². The third kappa shape index (κ3) is 4.20. The molecule has 1 aromatic carbocycles. The van der Waals surface area contributed by atoms with Gasteiger partial charge in [-0.1, -0.05) is 13.8 Å². The lowest BCUT2D eigenvalue weighted by atomic mass is 9.87. The second kappa shape index (κ2) is 7.27. The second-order valence-electron chi connectivity index (χ2n) is 6.67. The van der Waals surface area contributed by atoms with E-state index in [-0.39, 0.29) is 23.6 Å². The smallest absolute Gasteiger partial charge is 0.253 e. The maximum atomic E-state index is 13.4. The lowest BCUT2D eigenvalue weighted by Crippen LogP contribution is -2.57. The molecule has 2 rings (SSSR count). The van der Waals surface area contributed by atoms with Crippen LogP contribution < -0.4 is 5.32 Å². The number of phenols is 1. The average molecular weight is 324 g/mol. The molecular formula is C17H25FN2O3. The first kappa shape index (κ1) is 17.7. The number of piperidine rings is 1. The number of likely N-dealkylation sites (tertiary alicyclic amines) is 1. The first-order valence-electron chi connectivity index (χ1n) is 8.00. The van der Waals surface area contributed by atoms with Crippen LogP contribution >= 0.6 is 0 Å². The minimum atomic E-state index is -0.795. The third-order valence-corrected chi connectivity index (χ3v) is 4.39. The molecule has 0 spiro atoms. The van der Waals surface area contributed by atoms with Crippen molar-refractivity contribution in [1.29, 1.82) is 0 Å². The molecule has 1 aliphatic heterocycles. The number of phenolic OH excluding ortho intramolecular Hbond substituents is 1. The number of nitrogens with zero attached hydrogens (tertiary/aromatic N) is 1. The van der Waals surface area contributed by atoms with Crippen molar-refractivity contribution in [3.05, 3.63) is 29.6 Å². The fourth-order valence-corrected chi connectivity index (χ4v) is 2.77. The first-order valence-corrected chi connectivity index (χ1v) is 8.00. The van der Waals surface area contributed by atoms with Crippen LogP contribution in [0.3, 0.4) is 0 Å². The molecule has 0 atom stereocenters. The van der Waals surface area contributed by atoms with E-state index in [1.807, 2.05) is 0 Å². The molecule has 1 aliphatic rings. The summed E-state index contributed by atoms with van der Waals surface area (Å²) in [5.74, 6) is -1.02. The standard InChI is InChI=1S/C17H25FN2O3/c1-12(2)10-19-17(11-21)5-7-20(8-6-17)16(23)13-3-4-15(22)14(18)9-13/h3-4,9,12,19,21-22H,5-8,10-11H2,1-2H3. The van der Waals surface area contributed by atoms with Crippen molar-refractivity contribution >= 4 is 5.91 Å². The second-order valence-corrected chi connectivity index (χ2v) is 6.67. The van der Waals surface area contributed by atoms with Gasteiger partial charge in [0, 0.05) is 24.2 Å². The van der Waals surface area contributed by atoms with Gasteiger partial charge >= 0.3 is 0 Å². The number of hydrogen-bond donors (Lipinski definition) is 3. The van der Waals surface area contributed by atoms with Crippen LogP contribution in [-0.2, 0) is 0 Å². The Balaban J connectivity index is 1.99. The van der Waals surface area contributed by atoms with Crippen LogP contribution in [0.15, 0.2) is 18.2 Å². The predicted octanol–water partition coefficient (Wildman–Crippen LogP) is 1.74. The molecule has 5 nitrogen and oxygen atoms in total. The molecule has 128 valence electrons. The highest BCUT2D eigenvalue weighted by Gasteiger charge is 2.35. The van der Waals surface area contributed by atoms with Gasteiger partial charge in [0.25, 0.3) is 5.91 Å². The zero-order valence-corrected chi connectivity index (χ0v) is 13.7. The molecule has 3 N–H and O–H groups in total. The van der Waals surface area contributed by atoms with Crippen LogP contribution in [-0.4, -0.2) is 52.8 Å². The van der Waals surface area contributed by atoms with E-state index in [1.54, 1.807) is 4.90 Å².